The van der Waals surface area contributed by atoms with E-state index in [1.807, 2.05) is 0 Å². The van der Waals surface area contributed by atoms with E-state index < -0.39 is 12.8 Å². The van der Waals surface area contributed by atoms with E-state index >= 15 is 0 Å². The van der Waals surface area contributed by atoms with Crippen LogP contribution in [-0.4, -0.2) is 33.5 Å². The Morgan fingerprint density at radius 1 is 1.23 bits per heavy atom. The van der Waals surface area contributed by atoms with Crippen LogP contribution in [0.1, 0.15) is 15.9 Å². The molecular formula is C13H9BrF3N3O2. The van der Waals surface area contributed by atoms with Crippen LogP contribution in [0.3, 0.4) is 0 Å². The summed E-state index contributed by atoms with van der Waals surface area (Å²) < 4.78 is 41.1. The highest BCUT2D eigenvalue weighted by Gasteiger charge is 2.29. The summed E-state index contributed by atoms with van der Waals surface area (Å²) in [5.41, 5.74) is 0.871. The van der Waals surface area contributed by atoms with Crippen LogP contribution in [0.5, 0.6) is 5.88 Å². The van der Waals surface area contributed by atoms with Gasteiger partial charge in [-0.1, -0.05) is 0 Å². The first-order valence-corrected chi connectivity index (χ1v) is 6.76. The average Bonchev–Trinajstić information content (AvgIpc) is 2.46. The third kappa shape index (κ3) is 4.76. The quantitative estimate of drug-likeness (QED) is 0.751. The van der Waals surface area contributed by atoms with E-state index in [-0.39, 0.29) is 22.6 Å². The standard InChI is InChI=1S/C13H9BrF3N3O2/c14-10-1-8(2-11(21)9-4-18-7-19-5-9)3-20-12(10)22-6-13(15,16)17/h1,3-5,7H,2,6H2. The van der Waals surface area contributed by atoms with Gasteiger partial charge in [0.2, 0.25) is 5.88 Å². The number of carbonyl (C=O) groups is 1. The van der Waals surface area contributed by atoms with Crippen molar-refractivity contribution in [2.24, 2.45) is 0 Å². The van der Waals surface area contributed by atoms with Crippen molar-refractivity contribution in [2.45, 2.75) is 12.6 Å². The Hall–Kier alpha value is -2.03. The fraction of sp³-hybridized carbons (Fsp3) is 0.231. The normalized spacial score (nSPS) is 11.3. The smallest absolute Gasteiger partial charge is 0.422 e. The number of ketones is 1. The molecule has 0 unspecified atom stereocenters. The number of carbonyl (C=O) groups excluding carboxylic acids is 1. The zero-order valence-electron chi connectivity index (χ0n) is 11.0. The summed E-state index contributed by atoms with van der Waals surface area (Å²) in [6.45, 7) is -1.43. The lowest BCUT2D eigenvalue weighted by atomic mass is 10.1. The maximum atomic E-state index is 12.1. The molecule has 22 heavy (non-hydrogen) atoms. The summed E-state index contributed by atoms with van der Waals surface area (Å²) in [5.74, 6) is -0.408. The number of hydrogen-bond acceptors (Lipinski definition) is 5. The number of alkyl halides is 3. The average molecular weight is 376 g/mol. The molecule has 9 heteroatoms. The molecule has 0 spiro atoms. The van der Waals surface area contributed by atoms with Crippen LogP contribution in [0.15, 0.2) is 35.5 Å². The van der Waals surface area contributed by atoms with Gasteiger partial charge in [-0.3, -0.25) is 4.79 Å². The lowest BCUT2D eigenvalue weighted by Gasteiger charge is -2.10. The molecule has 0 bridgehead atoms. The molecule has 0 amide bonds. The summed E-state index contributed by atoms with van der Waals surface area (Å²) in [5, 5.41) is 0. The molecule has 2 aromatic heterocycles. The number of ether oxygens (including phenoxy) is 1. The van der Waals surface area contributed by atoms with Crippen molar-refractivity contribution in [2.75, 3.05) is 6.61 Å². The molecule has 5 nitrogen and oxygen atoms in total. The molecule has 0 aliphatic heterocycles. The summed E-state index contributed by atoms with van der Waals surface area (Å²) in [6, 6.07) is 1.49. The summed E-state index contributed by atoms with van der Waals surface area (Å²) >= 11 is 3.07. The molecule has 0 aliphatic carbocycles. The van der Waals surface area contributed by atoms with Crippen molar-refractivity contribution in [3.8, 4) is 5.88 Å². The number of pyridine rings is 1. The highest BCUT2D eigenvalue weighted by atomic mass is 79.9. The van der Waals surface area contributed by atoms with Gasteiger partial charge in [0.05, 0.1) is 10.0 Å². The van der Waals surface area contributed by atoms with Crippen molar-refractivity contribution < 1.29 is 22.7 Å². The molecule has 0 N–H and O–H groups in total. The Labute approximate surface area is 131 Å². The van der Waals surface area contributed by atoms with Crippen LogP contribution in [0.4, 0.5) is 13.2 Å². The number of halogens is 4. The lowest BCUT2D eigenvalue weighted by Crippen LogP contribution is -2.19. The number of rotatable bonds is 5. The molecule has 0 fully saturated rings. The Morgan fingerprint density at radius 2 is 1.91 bits per heavy atom. The van der Waals surface area contributed by atoms with Gasteiger partial charge in [-0.05, 0) is 27.6 Å². The van der Waals surface area contributed by atoms with Crippen molar-refractivity contribution in [3.05, 3.63) is 46.6 Å². The Morgan fingerprint density at radius 3 is 2.50 bits per heavy atom. The monoisotopic (exact) mass is 375 g/mol. The van der Waals surface area contributed by atoms with E-state index in [9.17, 15) is 18.0 Å². The molecular weight excluding hydrogens is 367 g/mol. The highest BCUT2D eigenvalue weighted by Crippen LogP contribution is 2.25. The van der Waals surface area contributed by atoms with Crippen LogP contribution < -0.4 is 4.74 Å². The number of hydrogen-bond donors (Lipinski definition) is 0. The second-order valence-electron chi connectivity index (χ2n) is 4.26. The fourth-order valence-electron chi connectivity index (χ4n) is 1.55. The maximum Gasteiger partial charge on any atom is 0.422 e. The molecule has 2 rings (SSSR count). The van der Waals surface area contributed by atoms with Gasteiger partial charge >= 0.3 is 6.18 Å². The largest absolute Gasteiger partial charge is 0.467 e. The van der Waals surface area contributed by atoms with Gasteiger partial charge in [0, 0.05) is 25.0 Å². The number of nitrogens with zero attached hydrogens (tertiary/aromatic N) is 3. The molecule has 2 heterocycles. The van der Waals surface area contributed by atoms with Gasteiger partial charge in [0.15, 0.2) is 12.4 Å². The van der Waals surface area contributed by atoms with E-state index in [0.717, 1.165) is 0 Å². The molecule has 0 aliphatic rings. The third-order valence-corrected chi connectivity index (χ3v) is 3.05. The van der Waals surface area contributed by atoms with Gasteiger partial charge in [-0.25, -0.2) is 15.0 Å². The summed E-state index contributed by atoms with van der Waals surface area (Å²) in [4.78, 5) is 23.2. The fourth-order valence-corrected chi connectivity index (χ4v) is 2.06. The van der Waals surface area contributed by atoms with Crippen LogP contribution in [0.2, 0.25) is 0 Å². The first-order valence-electron chi connectivity index (χ1n) is 5.97. The van der Waals surface area contributed by atoms with Crippen LogP contribution in [0, 0.1) is 0 Å². The molecule has 2 aromatic rings. The Balaban J connectivity index is 2.05. The zero-order valence-corrected chi connectivity index (χ0v) is 12.6. The first-order chi connectivity index (χ1) is 10.3. The minimum atomic E-state index is -4.44. The van der Waals surface area contributed by atoms with Gasteiger partial charge in [-0.2, -0.15) is 13.2 Å². The molecule has 0 saturated heterocycles. The van der Waals surface area contributed by atoms with Crippen molar-refractivity contribution >= 4 is 21.7 Å². The van der Waals surface area contributed by atoms with Gasteiger partial charge in [-0.15, -0.1) is 0 Å². The van der Waals surface area contributed by atoms with Crippen LogP contribution >= 0.6 is 15.9 Å². The minimum Gasteiger partial charge on any atom is -0.467 e. The predicted molar refractivity (Wildman–Crippen MR) is 73.6 cm³/mol. The van der Waals surface area contributed by atoms with Gasteiger partial charge in [0.25, 0.3) is 0 Å². The van der Waals surface area contributed by atoms with E-state index in [0.29, 0.717) is 11.1 Å². The molecule has 0 radical (unpaired) electrons. The number of aromatic nitrogens is 3. The molecule has 0 aromatic carbocycles. The van der Waals surface area contributed by atoms with E-state index in [1.54, 1.807) is 0 Å². The third-order valence-electron chi connectivity index (χ3n) is 2.48. The summed E-state index contributed by atoms with van der Waals surface area (Å²) in [7, 11) is 0. The van der Waals surface area contributed by atoms with Crippen molar-refractivity contribution in [1.29, 1.82) is 0 Å². The van der Waals surface area contributed by atoms with Gasteiger partial charge < -0.3 is 4.74 Å². The SMILES string of the molecule is O=C(Cc1cnc(OCC(F)(F)F)c(Br)c1)c1cncnc1. The maximum absolute atomic E-state index is 12.1. The second-order valence-corrected chi connectivity index (χ2v) is 5.12. The summed E-state index contributed by atoms with van der Waals surface area (Å²) in [6.07, 6.45) is 0.957. The molecule has 0 atom stereocenters. The Bertz CT molecular complexity index is 665. The molecule has 0 saturated carbocycles. The predicted octanol–water partition coefficient (Wildman–Crippen LogP) is 3.00. The van der Waals surface area contributed by atoms with Gasteiger partial charge in [0.1, 0.15) is 6.33 Å². The minimum absolute atomic E-state index is 0.0263. The van der Waals surface area contributed by atoms with Crippen molar-refractivity contribution in [3.63, 3.8) is 0 Å². The molecule has 116 valence electrons. The first kappa shape index (κ1) is 16.3. The van der Waals surface area contributed by atoms with Crippen LogP contribution in [0.25, 0.3) is 0 Å². The topological polar surface area (TPSA) is 65.0 Å². The zero-order chi connectivity index (χ0) is 16.2. The Kier molecular flexibility index (Phi) is 5.07. The highest BCUT2D eigenvalue weighted by molar-refractivity contribution is 9.10. The lowest BCUT2D eigenvalue weighted by molar-refractivity contribution is -0.154. The number of Topliss-reactive ketones (excluding diaryl/α,β-unsaturated/α-hetero) is 1. The van der Waals surface area contributed by atoms with E-state index in [4.69, 9.17) is 0 Å². The van der Waals surface area contributed by atoms with Crippen molar-refractivity contribution in [1.82, 2.24) is 15.0 Å². The van der Waals surface area contributed by atoms with Crippen LogP contribution in [-0.2, 0) is 6.42 Å². The van der Waals surface area contributed by atoms with E-state index in [1.165, 1.54) is 31.0 Å². The van der Waals surface area contributed by atoms with E-state index in [2.05, 4.69) is 35.6 Å². The second kappa shape index (κ2) is 6.82.